The van der Waals surface area contributed by atoms with Crippen LogP contribution in [0.15, 0.2) is 53.0 Å². The molecule has 7 heteroatoms. The molecule has 2 aromatic carbocycles. The van der Waals surface area contributed by atoms with Gasteiger partial charge in [0, 0.05) is 6.42 Å². The summed E-state index contributed by atoms with van der Waals surface area (Å²) in [5, 5.41) is 9.53. The number of benzene rings is 2. The zero-order chi connectivity index (χ0) is 21.9. The number of likely N-dealkylation sites (tertiary alicyclic amines) is 1. The lowest BCUT2D eigenvalue weighted by Crippen LogP contribution is -2.43. The molecule has 1 amide bonds. The number of ether oxygens (including phenoxy) is 2. The molecule has 3 rings (SSSR count). The summed E-state index contributed by atoms with van der Waals surface area (Å²) in [6.45, 7) is 5.40. The SMILES string of the molecule is CC(C)(C)OC(=O)N1C[C@H](Oc2ccc(Cc3ccccc3)cc2Br)C[C@@H]1C(=O)O. The van der Waals surface area contributed by atoms with Gasteiger partial charge in [-0.2, -0.15) is 0 Å². The van der Waals surface area contributed by atoms with E-state index in [0.717, 1.165) is 16.5 Å². The predicted octanol–water partition coefficient (Wildman–Crippen LogP) is 4.88. The van der Waals surface area contributed by atoms with Crippen LogP contribution in [0.5, 0.6) is 5.75 Å². The number of hydrogen-bond acceptors (Lipinski definition) is 4. The van der Waals surface area contributed by atoms with E-state index < -0.39 is 29.8 Å². The van der Waals surface area contributed by atoms with Crippen LogP contribution in [-0.2, 0) is 16.0 Å². The van der Waals surface area contributed by atoms with Gasteiger partial charge in [0.05, 0.1) is 11.0 Å². The molecule has 1 heterocycles. The molecule has 0 aliphatic carbocycles. The van der Waals surface area contributed by atoms with Crippen molar-refractivity contribution in [1.82, 2.24) is 4.90 Å². The third kappa shape index (κ3) is 5.75. The van der Waals surface area contributed by atoms with Crippen molar-refractivity contribution in [3.8, 4) is 5.75 Å². The van der Waals surface area contributed by atoms with Crippen molar-refractivity contribution in [2.45, 2.75) is 51.4 Å². The van der Waals surface area contributed by atoms with Crippen LogP contribution in [0, 0.1) is 0 Å². The van der Waals surface area contributed by atoms with E-state index in [9.17, 15) is 14.7 Å². The van der Waals surface area contributed by atoms with Crippen LogP contribution >= 0.6 is 15.9 Å². The number of carboxylic acid groups (broad SMARTS) is 1. The zero-order valence-corrected chi connectivity index (χ0v) is 18.9. The van der Waals surface area contributed by atoms with Crippen LogP contribution in [0.4, 0.5) is 4.79 Å². The van der Waals surface area contributed by atoms with Crippen LogP contribution in [0.25, 0.3) is 0 Å². The Labute approximate surface area is 184 Å². The summed E-state index contributed by atoms with van der Waals surface area (Å²) in [6.07, 6.45) is -0.0724. The summed E-state index contributed by atoms with van der Waals surface area (Å²) in [5.74, 6) is -0.448. The van der Waals surface area contributed by atoms with Crippen molar-refractivity contribution in [1.29, 1.82) is 0 Å². The molecular formula is C23H26BrNO5. The molecular weight excluding hydrogens is 450 g/mol. The summed E-state index contributed by atoms with van der Waals surface area (Å²) in [6, 6.07) is 15.1. The number of amides is 1. The number of halogens is 1. The minimum atomic E-state index is -1.07. The minimum absolute atomic E-state index is 0.157. The van der Waals surface area contributed by atoms with Gasteiger partial charge in [-0.1, -0.05) is 36.4 Å². The van der Waals surface area contributed by atoms with Crippen LogP contribution < -0.4 is 4.74 Å². The normalized spacial score (nSPS) is 18.9. The first-order valence-corrected chi connectivity index (χ1v) is 10.6. The van der Waals surface area contributed by atoms with Gasteiger partial charge in [0.15, 0.2) is 0 Å². The van der Waals surface area contributed by atoms with Crippen LogP contribution in [0.1, 0.15) is 38.3 Å². The molecule has 1 aliphatic heterocycles. The maximum atomic E-state index is 12.4. The highest BCUT2D eigenvalue weighted by atomic mass is 79.9. The number of rotatable bonds is 5. The van der Waals surface area contributed by atoms with Crippen LogP contribution in [0.2, 0.25) is 0 Å². The van der Waals surface area contributed by atoms with Gasteiger partial charge in [-0.3, -0.25) is 4.90 Å². The third-order valence-electron chi connectivity index (χ3n) is 4.72. The molecule has 0 unspecified atom stereocenters. The Kier molecular flexibility index (Phi) is 6.71. The Morgan fingerprint density at radius 1 is 1.13 bits per heavy atom. The second-order valence-corrected chi connectivity index (χ2v) is 9.24. The summed E-state index contributed by atoms with van der Waals surface area (Å²) < 4.78 is 12.2. The van der Waals surface area contributed by atoms with E-state index in [0.29, 0.717) is 5.75 Å². The number of aliphatic carboxylic acids is 1. The number of nitrogens with zero attached hydrogens (tertiary/aromatic N) is 1. The average Bonchev–Trinajstić information content (AvgIpc) is 3.08. The average molecular weight is 476 g/mol. The molecule has 0 spiro atoms. The molecule has 1 fully saturated rings. The van der Waals surface area contributed by atoms with E-state index in [2.05, 4.69) is 28.1 Å². The minimum Gasteiger partial charge on any atom is -0.487 e. The monoisotopic (exact) mass is 475 g/mol. The van der Waals surface area contributed by atoms with Crippen molar-refractivity contribution in [3.05, 3.63) is 64.1 Å². The summed E-state index contributed by atoms with van der Waals surface area (Å²) >= 11 is 3.55. The highest BCUT2D eigenvalue weighted by molar-refractivity contribution is 9.10. The Bertz CT molecular complexity index is 910. The molecule has 30 heavy (non-hydrogen) atoms. The van der Waals surface area contributed by atoms with Crippen LogP contribution in [-0.4, -0.2) is 46.4 Å². The number of carboxylic acids is 1. The first-order chi connectivity index (χ1) is 14.1. The maximum Gasteiger partial charge on any atom is 0.411 e. The third-order valence-corrected chi connectivity index (χ3v) is 5.34. The Balaban J connectivity index is 1.68. The Morgan fingerprint density at radius 2 is 1.83 bits per heavy atom. The van der Waals surface area contributed by atoms with Gasteiger partial charge in [0.25, 0.3) is 0 Å². The predicted molar refractivity (Wildman–Crippen MR) is 117 cm³/mol. The highest BCUT2D eigenvalue weighted by Crippen LogP contribution is 2.31. The largest absolute Gasteiger partial charge is 0.487 e. The summed E-state index contributed by atoms with van der Waals surface area (Å²) in [4.78, 5) is 25.3. The fraction of sp³-hybridized carbons (Fsp3) is 0.391. The van der Waals surface area contributed by atoms with E-state index in [4.69, 9.17) is 9.47 Å². The topological polar surface area (TPSA) is 76.1 Å². The standard InChI is InChI=1S/C23H26BrNO5/c1-23(2,3)30-22(28)25-14-17(13-19(25)21(26)27)29-20-10-9-16(12-18(20)24)11-15-7-5-4-6-8-15/h4-10,12,17,19H,11,13-14H2,1-3H3,(H,26,27)/t17-,19-/m1/s1. The molecule has 1 saturated heterocycles. The van der Waals surface area contributed by atoms with Crippen molar-refractivity contribution in [2.24, 2.45) is 0 Å². The molecule has 0 bridgehead atoms. The Morgan fingerprint density at radius 3 is 2.43 bits per heavy atom. The fourth-order valence-electron chi connectivity index (χ4n) is 3.40. The van der Waals surface area contributed by atoms with Crippen molar-refractivity contribution < 1.29 is 24.2 Å². The van der Waals surface area contributed by atoms with E-state index in [1.54, 1.807) is 20.8 Å². The number of carbonyl (C=O) groups is 2. The van der Waals surface area contributed by atoms with E-state index in [1.807, 2.05) is 36.4 Å². The lowest BCUT2D eigenvalue weighted by molar-refractivity contribution is -0.142. The van der Waals surface area contributed by atoms with Crippen molar-refractivity contribution in [3.63, 3.8) is 0 Å². The maximum absolute atomic E-state index is 12.4. The van der Waals surface area contributed by atoms with E-state index in [1.165, 1.54) is 10.5 Å². The quantitative estimate of drug-likeness (QED) is 0.666. The molecule has 2 aromatic rings. The van der Waals surface area contributed by atoms with Crippen molar-refractivity contribution >= 4 is 28.0 Å². The van der Waals surface area contributed by atoms with Gasteiger partial charge in [-0.05, 0) is 66.4 Å². The molecule has 1 aliphatic rings. The first-order valence-electron chi connectivity index (χ1n) is 9.84. The van der Waals surface area contributed by atoms with Crippen LogP contribution in [0.3, 0.4) is 0 Å². The van der Waals surface area contributed by atoms with Gasteiger partial charge in [0.1, 0.15) is 23.5 Å². The fourth-order valence-corrected chi connectivity index (χ4v) is 3.92. The Hall–Kier alpha value is -2.54. The molecule has 0 aromatic heterocycles. The number of carbonyl (C=O) groups excluding carboxylic acids is 1. The molecule has 160 valence electrons. The second kappa shape index (κ2) is 9.08. The first kappa shape index (κ1) is 22.2. The van der Waals surface area contributed by atoms with Crippen molar-refractivity contribution in [2.75, 3.05) is 6.54 Å². The van der Waals surface area contributed by atoms with Gasteiger partial charge >= 0.3 is 12.1 Å². The molecule has 0 radical (unpaired) electrons. The molecule has 6 nitrogen and oxygen atoms in total. The summed E-state index contributed by atoms with van der Waals surface area (Å²) in [7, 11) is 0. The molecule has 1 N–H and O–H groups in total. The molecule has 0 saturated carbocycles. The van der Waals surface area contributed by atoms with Gasteiger partial charge in [-0.15, -0.1) is 0 Å². The highest BCUT2D eigenvalue weighted by Gasteiger charge is 2.42. The summed E-state index contributed by atoms with van der Waals surface area (Å²) in [5.41, 5.74) is 1.65. The number of hydrogen-bond donors (Lipinski definition) is 1. The lowest BCUT2D eigenvalue weighted by atomic mass is 10.1. The van der Waals surface area contributed by atoms with Gasteiger partial charge in [0.2, 0.25) is 0 Å². The van der Waals surface area contributed by atoms with E-state index in [-0.39, 0.29) is 13.0 Å². The smallest absolute Gasteiger partial charge is 0.411 e. The molecule has 2 atom stereocenters. The zero-order valence-electron chi connectivity index (χ0n) is 17.3. The lowest BCUT2D eigenvalue weighted by Gasteiger charge is -2.26. The second-order valence-electron chi connectivity index (χ2n) is 8.39. The van der Waals surface area contributed by atoms with Gasteiger partial charge in [-0.25, -0.2) is 9.59 Å². The van der Waals surface area contributed by atoms with Gasteiger partial charge < -0.3 is 14.6 Å². The van der Waals surface area contributed by atoms with E-state index >= 15 is 0 Å².